The number of benzene rings is 1. The molecule has 0 unspecified atom stereocenters. The minimum Gasteiger partial charge on any atom is -0.474 e. The Hall–Kier alpha value is -3.11. The minimum absolute atomic E-state index is 0.521. The Bertz CT molecular complexity index is 576. The van der Waals surface area contributed by atoms with Crippen molar-refractivity contribution in [1.82, 2.24) is 0 Å². The summed E-state index contributed by atoms with van der Waals surface area (Å²) in [6.07, 6.45) is 0. The molecule has 0 aliphatic carbocycles. The van der Waals surface area contributed by atoms with Crippen LogP contribution in [0.3, 0.4) is 0 Å². The fourth-order valence-corrected chi connectivity index (χ4v) is 1.28. The molecular weight excluding hydrogens is 278 g/mol. The van der Waals surface area contributed by atoms with Crippen molar-refractivity contribution in [2.24, 2.45) is 0 Å². The SMILES string of the molecule is CC(=O)COc1c([N+](=O)[O-])cc([N+](=O)[O-])cc1[N+](=O)[O-]. The van der Waals surface area contributed by atoms with Crippen molar-refractivity contribution in [2.45, 2.75) is 6.92 Å². The molecule has 0 radical (unpaired) electrons. The van der Waals surface area contributed by atoms with Crippen LogP contribution in [0, 0.1) is 30.3 Å². The number of carbonyl (C=O) groups is 1. The van der Waals surface area contributed by atoms with Gasteiger partial charge < -0.3 is 4.74 Å². The molecule has 106 valence electrons. The lowest BCUT2D eigenvalue weighted by atomic mass is 10.2. The van der Waals surface area contributed by atoms with Crippen LogP contribution in [0.2, 0.25) is 0 Å². The van der Waals surface area contributed by atoms with E-state index in [9.17, 15) is 35.1 Å². The number of hydrogen-bond acceptors (Lipinski definition) is 8. The van der Waals surface area contributed by atoms with Gasteiger partial charge in [-0.1, -0.05) is 0 Å². The maximum absolute atomic E-state index is 10.8. The van der Waals surface area contributed by atoms with E-state index in [0.717, 1.165) is 6.92 Å². The van der Waals surface area contributed by atoms with Gasteiger partial charge in [0, 0.05) is 0 Å². The fraction of sp³-hybridized carbons (Fsp3) is 0.222. The van der Waals surface area contributed by atoms with Crippen LogP contribution in [0.1, 0.15) is 6.92 Å². The predicted molar refractivity (Wildman–Crippen MR) is 62.6 cm³/mol. The average molecular weight is 285 g/mol. The number of hydrogen-bond donors (Lipinski definition) is 0. The van der Waals surface area contributed by atoms with E-state index in [0.29, 0.717) is 12.1 Å². The zero-order chi connectivity index (χ0) is 15.4. The molecule has 11 heteroatoms. The van der Waals surface area contributed by atoms with Crippen LogP contribution in [0.15, 0.2) is 12.1 Å². The van der Waals surface area contributed by atoms with E-state index < -0.39 is 50.0 Å². The largest absolute Gasteiger partial charge is 0.474 e. The first-order valence-electron chi connectivity index (χ1n) is 4.97. The third-order valence-corrected chi connectivity index (χ3v) is 2.06. The summed E-state index contributed by atoms with van der Waals surface area (Å²) in [4.78, 5) is 39.9. The molecule has 0 bridgehead atoms. The zero-order valence-electron chi connectivity index (χ0n) is 9.97. The van der Waals surface area contributed by atoms with Gasteiger partial charge in [0.25, 0.3) is 11.4 Å². The summed E-state index contributed by atoms with van der Waals surface area (Å²) in [5.74, 6) is -1.31. The van der Waals surface area contributed by atoms with Gasteiger partial charge in [0.1, 0.15) is 6.61 Å². The summed E-state index contributed by atoms with van der Waals surface area (Å²) < 4.78 is 4.73. The Morgan fingerprint density at radius 3 is 1.80 bits per heavy atom. The summed E-state index contributed by atoms with van der Waals surface area (Å²) in [6, 6.07) is 1.06. The lowest BCUT2D eigenvalue weighted by Crippen LogP contribution is -2.10. The molecule has 1 aromatic rings. The first-order chi connectivity index (χ1) is 9.23. The van der Waals surface area contributed by atoms with Crippen molar-refractivity contribution in [3.63, 3.8) is 0 Å². The molecule has 0 amide bonds. The molecule has 20 heavy (non-hydrogen) atoms. The molecular formula is C9H7N3O8. The number of nitro groups is 3. The van der Waals surface area contributed by atoms with E-state index in [1.165, 1.54) is 0 Å². The summed E-state index contributed by atoms with van der Waals surface area (Å²) >= 11 is 0. The molecule has 0 saturated carbocycles. The number of carbonyl (C=O) groups excluding carboxylic acids is 1. The van der Waals surface area contributed by atoms with Crippen LogP contribution in [0.25, 0.3) is 0 Å². The topological polar surface area (TPSA) is 156 Å². The maximum Gasteiger partial charge on any atom is 0.325 e. The van der Waals surface area contributed by atoms with Crippen LogP contribution in [-0.2, 0) is 4.79 Å². The summed E-state index contributed by atoms with van der Waals surface area (Å²) in [5.41, 5.74) is -2.72. The third kappa shape index (κ3) is 3.22. The van der Waals surface area contributed by atoms with E-state index >= 15 is 0 Å². The zero-order valence-corrected chi connectivity index (χ0v) is 9.97. The Kier molecular flexibility index (Phi) is 4.25. The molecule has 1 rings (SSSR count). The Morgan fingerprint density at radius 1 is 1.05 bits per heavy atom. The summed E-state index contributed by atoms with van der Waals surface area (Å²) in [5, 5.41) is 32.2. The first kappa shape index (κ1) is 14.9. The van der Waals surface area contributed by atoms with Crippen molar-refractivity contribution in [3.8, 4) is 5.75 Å². The fourth-order valence-electron chi connectivity index (χ4n) is 1.28. The van der Waals surface area contributed by atoms with Gasteiger partial charge in [-0.2, -0.15) is 0 Å². The van der Waals surface area contributed by atoms with Crippen LogP contribution < -0.4 is 4.74 Å². The van der Waals surface area contributed by atoms with Gasteiger partial charge in [0.05, 0.1) is 26.9 Å². The molecule has 0 fully saturated rings. The second-order valence-electron chi connectivity index (χ2n) is 3.58. The monoisotopic (exact) mass is 285 g/mol. The van der Waals surface area contributed by atoms with Crippen LogP contribution >= 0.6 is 0 Å². The van der Waals surface area contributed by atoms with Crippen molar-refractivity contribution in [3.05, 3.63) is 42.5 Å². The number of nitrogens with zero attached hydrogens (tertiary/aromatic N) is 3. The van der Waals surface area contributed by atoms with Gasteiger partial charge in [0.15, 0.2) is 5.78 Å². The standard InChI is InChI=1S/C9H7N3O8/c1-5(13)4-20-9-7(11(16)17)2-6(10(14)15)3-8(9)12(18)19/h2-3H,4H2,1H3. The molecule has 0 heterocycles. The second kappa shape index (κ2) is 5.69. The maximum atomic E-state index is 10.8. The molecule has 0 aliphatic rings. The highest BCUT2D eigenvalue weighted by atomic mass is 16.6. The molecule has 0 saturated heterocycles. The highest BCUT2D eigenvalue weighted by Crippen LogP contribution is 2.40. The number of ketones is 1. The molecule has 0 aromatic heterocycles. The normalized spacial score (nSPS) is 9.85. The predicted octanol–water partition coefficient (Wildman–Crippen LogP) is 1.38. The van der Waals surface area contributed by atoms with Crippen LogP contribution in [0.4, 0.5) is 17.1 Å². The lowest BCUT2D eigenvalue weighted by Gasteiger charge is -2.05. The van der Waals surface area contributed by atoms with E-state index in [2.05, 4.69) is 0 Å². The van der Waals surface area contributed by atoms with E-state index in [1.54, 1.807) is 0 Å². The lowest BCUT2D eigenvalue weighted by molar-refractivity contribution is -0.404. The van der Waals surface area contributed by atoms with E-state index in [1.807, 2.05) is 0 Å². The Labute approximate surface area is 110 Å². The van der Waals surface area contributed by atoms with Gasteiger partial charge in [-0.05, 0) is 6.92 Å². The van der Waals surface area contributed by atoms with Gasteiger partial charge in [-0.25, -0.2) is 0 Å². The van der Waals surface area contributed by atoms with Gasteiger partial charge in [0.2, 0.25) is 0 Å². The van der Waals surface area contributed by atoms with Gasteiger partial charge in [-0.3, -0.25) is 35.1 Å². The highest BCUT2D eigenvalue weighted by Gasteiger charge is 2.32. The quantitative estimate of drug-likeness (QED) is 0.560. The first-order valence-corrected chi connectivity index (χ1v) is 4.97. The van der Waals surface area contributed by atoms with Gasteiger partial charge >= 0.3 is 11.4 Å². The van der Waals surface area contributed by atoms with Crippen LogP contribution in [0.5, 0.6) is 5.75 Å². The summed E-state index contributed by atoms with van der Waals surface area (Å²) in [7, 11) is 0. The number of rotatable bonds is 6. The van der Waals surface area contributed by atoms with Crippen LogP contribution in [-0.4, -0.2) is 27.2 Å². The number of ether oxygens (including phenoxy) is 1. The van der Waals surface area contributed by atoms with Crippen molar-refractivity contribution in [2.75, 3.05) is 6.61 Å². The molecule has 0 atom stereocenters. The third-order valence-electron chi connectivity index (χ3n) is 2.06. The molecule has 1 aromatic carbocycles. The Balaban J connectivity index is 3.50. The molecule has 11 nitrogen and oxygen atoms in total. The van der Waals surface area contributed by atoms with E-state index in [-0.39, 0.29) is 0 Å². The molecule has 0 N–H and O–H groups in total. The highest BCUT2D eigenvalue weighted by molar-refractivity contribution is 5.77. The second-order valence-corrected chi connectivity index (χ2v) is 3.58. The van der Waals surface area contributed by atoms with Crippen molar-refractivity contribution >= 4 is 22.8 Å². The minimum atomic E-state index is -1.06. The van der Waals surface area contributed by atoms with E-state index in [4.69, 9.17) is 4.74 Å². The van der Waals surface area contributed by atoms with Crippen molar-refractivity contribution in [1.29, 1.82) is 0 Å². The van der Waals surface area contributed by atoms with Crippen molar-refractivity contribution < 1.29 is 24.3 Å². The molecule has 0 spiro atoms. The number of Topliss-reactive ketones (excluding diaryl/α,β-unsaturated/α-hetero) is 1. The smallest absolute Gasteiger partial charge is 0.325 e. The average Bonchev–Trinajstić information content (AvgIpc) is 2.34. The summed E-state index contributed by atoms with van der Waals surface area (Å²) in [6.45, 7) is 0.489. The molecule has 0 aliphatic heterocycles. The van der Waals surface area contributed by atoms with Gasteiger partial charge in [-0.15, -0.1) is 0 Å². The number of non-ortho nitro benzene ring substituents is 1. The Morgan fingerprint density at radius 2 is 1.50 bits per heavy atom. The number of nitro benzene ring substituents is 3.